The fourth-order valence-corrected chi connectivity index (χ4v) is 5.20. The zero-order valence-corrected chi connectivity index (χ0v) is 20.4. The second-order valence-electron chi connectivity index (χ2n) is 8.69. The zero-order valence-electron chi connectivity index (χ0n) is 19.6. The Balaban J connectivity index is 1.92. The number of halogens is 1. The molecule has 0 spiro atoms. The topological polar surface area (TPSA) is 91.8 Å². The molecule has 0 aliphatic carbocycles. The van der Waals surface area contributed by atoms with Crippen LogP contribution in [0.4, 0.5) is 4.39 Å². The molecule has 1 aromatic carbocycles. The highest BCUT2D eigenvalue weighted by atomic mass is 32.2. The quantitative estimate of drug-likeness (QED) is 0.627. The Bertz CT molecular complexity index is 1120. The van der Waals surface area contributed by atoms with Gasteiger partial charge in [0.2, 0.25) is 11.8 Å². The number of pyridine rings is 1. The van der Waals surface area contributed by atoms with Crippen LogP contribution in [0, 0.1) is 5.82 Å². The molecule has 1 aliphatic heterocycles. The van der Waals surface area contributed by atoms with Gasteiger partial charge in [0.05, 0.1) is 13.5 Å². The fourth-order valence-electron chi connectivity index (χ4n) is 4.13. The van der Waals surface area contributed by atoms with Gasteiger partial charge in [-0.3, -0.25) is 4.79 Å². The van der Waals surface area contributed by atoms with Crippen LogP contribution in [-0.4, -0.2) is 68.9 Å². The molecule has 180 valence electrons. The maximum absolute atomic E-state index is 14.5. The molecule has 2 aromatic rings. The number of likely N-dealkylation sites (N-methyl/N-ethyl adjacent to an activating group) is 2. The van der Waals surface area contributed by atoms with Crippen LogP contribution in [0.25, 0.3) is 11.1 Å². The molecule has 1 atom stereocenters. The lowest BCUT2D eigenvalue weighted by Gasteiger charge is -2.24. The van der Waals surface area contributed by atoms with Crippen molar-refractivity contribution in [1.29, 1.82) is 0 Å². The van der Waals surface area contributed by atoms with Crippen molar-refractivity contribution in [3.8, 4) is 17.0 Å². The standard InChI is InChI=1S/C23H31FN4O4S/c1-15(2)19-11-17(24)12-20(16-6-8-25-23(10-16)32-5)21(19)13-22(29)26-33(30,31)28(4)18-7-9-27(3)14-18/h6,8,10-12,15,18H,7,9,13-14H2,1-5H3,(H,26,29). The molecule has 0 radical (unpaired) electrons. The highest BCUT2D eigenvalue weighted by Gasteiger charge is 2.32. The first-order chi connectivity index (χ1) is 15.5. The summed E-state index contributed by atoms with van der Waals surface area (Å²) in [5.41, 5.74) is 2.33. The van der Waals surface area contributed by atoms with Gasteiger partial charge in [-0.05, 0) is 66.4 Å². The Hall–Kier alpha value is -2.56. The molecular weight excluding hydrogens is 447 g/mol. The number of methoxy groups -OCH3 is 1. The summed E-state index contributed by atoms with van der Waals surface area (Å²) >= 11 is 0. The number of carbonyl (C=O) groups excluding carboxylic acids is 1. The number of ether oxygens (including phenoxy) is 1. The van der Waals surface area contributed by atoms with Gasteiger partial charge in [-0.1, -0.05) is 13.8 Å². The third kappa shape index (κ3) is 5.87. The summed E-state index contributed by atoms with van der Waals surface area (Å²) in [5, 5.41) is 0. The highest BCUT2D eigenvalue weighted by molar-refractivity contribution is 7.87. The second-order valence-corrected chi connectivity index (χ2v) is 10.4. The van der Waals surface area contributed by atoms with Gasteiger partial charge in [-0.2, -0.15) is 12.7 Å². The van der Waals surface area contributed by atoms with Crippen molar-refractivity contribution in [2.24, 2.45) is 0 Å². The van der Waals surface area contributed by atoms with E-state index in [1.807, 2.05) is 25.8 Å². The Kier molecular flexibility index (Phi) is 7.71. The number of nitrogens with zero attached hydrogens (tertiary/aromatic N) is 3. The molecule has 10 heteroatoms. The molecular formula is C23H31FN4O4S. The highest BCUT2D eigenvalue weighted by Crippen LogP contribution is 2.33. The number of hydrogen-bond donors (Lipinski definition) is 1. The van der Waals surface area contributed by atoms with E-state index < -0.39 is 21.9 Å². The monoisotopic (exact) mass is 478 g/mol. The average molecular weight is 479 g/mol. The van der Waals surface area contributed by atoms with Crippen LogP contribution in [0.1, 0.15) is 37.3 Å². The van der Waals surface area contributed by atoms with Crippen molar-refractivity contribution >= 4 is 16.1 Å². The normalized spacial score (nSPS) is 17.0. The predicted octanol–water partition coefficient (Wildman–Crippen LogP) is 2.56. The lowest BCUT2D eigenvalue weighted by molar-refractivity contribution is -0.118. The van der Waals surface area contributed by atoms with Gasteiger partial charge < -0.3 is 9.64 Å². The zero-order chi connectivity index (χ0) is 24.3. The number of carbonyl (C=O) groups is 1. The third-order valence-electron chi connectivity index (χ3n) is 5.97. The lowest BCUT2D eigenvalue weighted by Crippen LogP contribution is -2.47. The Labute approximate surface area is 194 Å². The predicted molar refractivity (Wildman–Crippen MR) is 125 cm³/mol. The van der Waals surface area contributed by atoms with Gasteiger partial charge in [0, 0.05) is 31.9 Å². The van der Waals surface area contributed by atoms with Crippen molar-refractivity contribution in [3.63, 3.8) is 0 Å². The number of rotatable bonds is 8. The fraction of sp³-hybridized carbons (Fsp3) is 0.478. The molecule has 8 nitrogen and oxygen atoms in total. The van der Waals surface area contributed by atoms with Gasteiger partial charge in [-0.25, -0.2) is 14.1 Å². The van der Waals surface area contributed by atoms with Crippen LogP contribution in [0.3, 0.4) is 0 Å². The molecule has 1 N–H and O–H groups in total. The third-order valence-corrected chi connectivity index (χ3v) is 7.51. The van der Waals surface area contributed by atoms with E-state index >= 15 is 0 Å². The van der Waals surface area contributed by atoms with Crippen molar-refractivity contribution in [2.45, 2.75) is 38.6 Å². The summed E-state index contributed by atoms with van der Waals surface area (Å²) in [5.74, 6) is -0.849. The van der Waals surface area contributed by atoms with Gasteiger partial charge in [0.15, 0.2) is 0 Å². The van der Waals surface area contributed by atoms with Crippen molar-refractivity contribution in [1.82, 2.24) is 18.9 Å². The smallest absolute Gasteiger partial charge is 0.303 e. The molecule has 1 amide bonds. The molecule has 1 aromatic heterocycles. The number of benzene rings is 1. The first-order valence-corrected chi connectivity index (χ1v) is 12.3. The number of amides is 1. The van der Waals surface area contributed by atoms with Crippen LogP contribution in [0.5, 0.6) is 5.88 Å². The van der Waals surface area contributed by atoms with E-state index in [0.29, 0.717) is 41.1 Å². The maximum atomic E-state index is 14.5. The number of aromatic nitrogens is 1. The number of hydrogen-bond acceptors (Lipinski definition) is 6. The van der Waals surface area contributed by atoms with Crippen molar-refractivity contribution in [2.75, 3.05) is 34.3 Å². The summed E-state index contributed by atoms with van der Waals surface area (Å²) in [4.78, 5) is 19.0. The first-order valence-electron chi connectivity index (χ1n) is 10.8. The molecule has 1 unspecified atom stereocenters. The summed E-state index contributed by atoms with van der Waals surface area (Å²) in [6, 6.07) is 5.89. The lowest BCUT2D eigenvalue weighted by atomic mass is 9.88. The Morgan fingerprint density at radius 3 is 2.70 bits per heavy atom. The molecule has 1 saturated heterocycles. The SMILES string of the molecule is COc1cc(-c2cc(F)cc(C(C)C)c2CC(=O)NS(=O)(=O)N(C)C2CCN(C)C2)ccn1. The van der Waals surface area contributed by atoms with Crippen molar-refractivity contribution < 1.29 is 22.3 Å². The summed E-state index contributed by atoms with van der Waals surface area (Å²) in [7, 11) is 0.873. The van der Waals surface area contributed by atoms with Crippen LogP contribution >= 0.6 is 0 Å². The van der Waals surface area contributed by atoms with Gasteiger partial charge in [0.1, 0.15) is 5.82 Å². The van der Waals surface area contributed by atoms with E-state index in [4.69, 9.17) is 4.74 Å². The van der Waals surface area contributed by atoms with E-state index in [9.17, 15) is 17.6 Å². The average Bonchev–Trinajstić information content (AvgIpc) is 3.19. The Morgan fingerprint density at radius 1 is 1.36 bits per heavy atom. The largest absolute Gasteiger partial charge is 0.481 e. The molecule has 1 aliphatic rings. The van der Waals surface area contributed by atoms with E-state index in [-0.39, 0.29) is 18.4 Å². The summed E-state index contributed by atoms with van der Waals surface area (Å²) in [6.45, 7) is 5.20. The molecule has 33 heavy (non-hydrogen) atoms. The summed E-state index contributed by atoms with van der Waals surface area (Å²) < 4.78 is 48.7. The van der Waals surface area contributed by atoms with Crippen molar-refractivity contribution in [3.05, 3.63) is 47.4 Å². The molecule has 0 saturated carbocycles. The number of likely N-dealkylation sites (tertiary alicyclic amines) is 1. The maximum Gasteiger partial charge on any atom is 0.303 e. The van der Waals surface area contributed by atoms with Crippen LogP contribution in [0.2, 0.25) is 0 Å². The molecule has 3 rings (SSSR count). The Morgan fingerprint density at radius 2 is 2.09 bits per heavy atom. The number of nitrogens with one attached hydrogen (secondary N) is 1. The van der Waals surface area contributed by atoms with Crippen LogP contribution < -0.4 is 9.46 Å². The second kappa shape index (κ2) is 10.1. The van der Waals surface area contributed by atoms with Gasteiger partial charge in [-0.15, -0.1) is 0 Å². The minimum absolute atomic E-state index is 0.0840. The van der Waals surface area contributed by atoms with Crippen LogP contribution in [0.15, 0.2) is 30.5 Å². The molecule has 0 bridgehead atoms. The van der Waals surface area contributed by atoms with E-state index in [0.717, 1.165) is 6.54 Å². The first kappa shape index (κ1) is 25.1. The van der Waals surface area contributed by atoms with E-state index in [1.165, 1.54) is 36.8 Å². The van der Waals surface area contributed by atoms with Crippen LogP contribution in [-0.2, 0) is 21.4 Å². The van der Waals surface area contributed by atoms with Gasteiger partial charge in [0.25, 0.3) is 0 Å². The van der Waals surface area contributed by atoms with E-state index in [2.05, 4.69) is 9.71 Å². The molecule has 1 fully saturated rings. The summed E-state index contributed by atoms with van der Waals surface area (Å²) in [6.07, 6.45) is 2.02. The van der Waals surface area contributed by atoms with E-state index in [1.54, 1.807) is 12.1 Å². The van der Waals surface area contributed by atoms with Gasteiger partial charge >= 0.3 is 10.2 Å². The minimum atomic E-state index is -4.01. The molecule has 2 heterocycles. The minimum Gasteiger partial charge on any atom is -0.481 e.